The third-order valence-electron chi connectivity index (χ3n) is 7.37. The zero-order valence-corrected chi connectivity index (χ0v) is 18.0. The van der Waals surface area contributed by atoms with Crippen molar-refractivity contribution in [3.63, 3.8) is 0 Å². The van der Waals surface area contributed by atoms with Gasteiger partial charge in [0.05, 0.1) is 19.1 Å². The Morgan fingerprint density at radius 1 is 1.00 bits per heavy atom. The summed E-state index contributed by atoms with van der Waals surface area (Å²) in [7, 11) is 1.52. The molecule has 0 N–H and O–H groups in total. The van der Waals surface area contributed by atoms with Gasteiger partial charge in [-0.2, -0.15) is 0 Å². The maximum atomic E-state index is 12.0. The van der Waals surface area contributed by atoms with Crippen LogP contribution in [0.25, 0.3) is 0 Å². The van der Waals surface area contributed by atoms with Crippen molar-refractivity contribution >= 4 is 5.97 Å². The number of benzene rings is 1. The van der Waals surface area contributed by atoms with Gasteiger partial charge in [-0.3, -0.25) is 4.79 Å². The number of hydrogen-bond donors (Lipinski definition) is 0. The summed E-state index contributed by atoms with van der Waals surface area (Å²) < 4.78 is 10.8. The van der Waals surface area contributed by atoms with E-state index in [4.69, 9.17) is 9.47 Å². The largest absolute Gasteiger partial charge is 0.494 e. The van der Waals surface area contributed by atoms with Gasteiger partial charge in [0, 0.05) is 0 Å². The van der Waals surface area contributed by atoms with Crippen LogP contribution in [0.15, 0.2) is 24.3 Å². The van der Waals surface area contributed by atoms with Gasteiger partial charge in [-0.15, -0.1) is 0 Å². The topological polar surface area (TPSA) is 35.5 Å². The lowest BCUT2D eigenvalue weighted by Gasteiger charge is -2.40. The predicted molar refractivity (Wildman–Crippen MR) is 114 cm³/mol. The molecular formula is C25H38O3. The Kier molecular flexibility index (Phi) is 7.42. The van der Waals surface area contributed by atoms with Crippen molar-refractivity contribution < 1.29 is 14.3 Å². The molecule has 2 fully saturated rings. The molecule has 0 aromatic heterocycles. The van der Waals surface area contributed by atoms with Crippen molar-refractivity contribution in [2.75, 3.05) is 13.7 Å². The summed E-state index contributed by atoms with van der Waals surface area (Å²) in [6.07, 6.45) is 11.9. The summed E-state index contributed by atoms with van der Waals surface area (Å²) in [5.41, 5.74) is 1.23. The molecule has 1 aromatic carbocycles. The van der Waals surface area contributed by atoms with Gasteiger partial charge in [0.25, 0.3) is 0 Å². The summed E-state index contributed by atoms with van der Waals surface area (Å²) in [4.78, 5) is 12.0. The van der Waals surface area contributed by atoms with Gasteiger partial charge in [-0.25, -0.2) is 0 Å². The van der Waals surface area contributed by atoms with Crippen molar-refractivity contribution in [2.45, 2.75) is 84.0 Å². The van der Waals surface area contributed by atoms with Gasteiger partial charge in [-0.05, 0) is 100 Å². The van der Waals surface area contributed by atoms with Crippen LogP contribution in [0.3, 0.4) is 0 Å². The first-order valence-electron chi connectivity index (χ1n) is 11.4. The molecule has 2 saturated carbocycles. The summed E-state index contributed by atoms with van der Waals surface area (Å²) in [6, 6.07) is 8.83. The lowest BCUT2D eigenvalue weighted by molar-refractivity contribution is -0.154. The fraction of sp³-hybridized carbons (Fsp3) is 0.720. The summed E-state index contributed by atoms with van der Waals surface area (Å²) in [5.74, 6) is 3.33. The second kappa shape index (κ2) is 9.80. The van der Waals surface area contributed by atoms with Crippen molar-refractivity contribution in [2.24, 2.45) is 17.3 Å². The number of esters is 1. The van der Waals surface area contributed by atoms with E-state index in [-0.39, 0.29) is 11.4 Å². The molecule has 3 nitrogen and oxygen atoms in total. The molecule has 0 unspecified atom stereocenters. The quantitative estimate of drug-likeness (QED) is 0.396. The highest BCUT2D eigenvalue weighted by Gasteiger charge is 2.40. The Hall–Kier alpha value is -1.51. The first kappa shape index (κ1) is 21.2. The van der Waals surface area contributed by atoms with Gasteiger partial charge in [-0.1, -0.05) is 25.5 Å². The third-order valence-corrected chi connectivity index (χ3v) is 7.37. The van der Waals surface area contributed by atoms with E-state index in [1.807, 2.05) is 0 Å². The normalized spacial score (nSPS) is 30.6. The molecule has 0 amide bonds. The van der Waals surface area contributed by atoms with Crippen molar-refractivity contribution in [3.05, 3.63) is 29.8 Å². The molecule has 0 spiro atoms. The van der Waals surface area contributed by atoms with Crippen LogP contribution in [-0.4, -0.2) is 19.7 Å². The highest BCUT2D eigenvalue weighted by Crippen LogP contribution is 2.47. The van der Waals surface area contributed by atoms with Gasteiger partial charge < -0.3 is 9.47 Å². The number of unbranched alkanes of at least 4 members (excludes halogenated alkanes) is 1. The van der Waals surface area contributed by atoms with Crippen LogP contribution in [0.1, 0.15) is 89.5 Å². The average molecular weight is 387 g/mol. The molecular weight excluding hydrogens is 348 g/mol. The second-order valence-electron chi connectivity index (χ2n) is 9.27. The molecule has 3 rings (SSSR count). The number of rotatable bonds is 7. The monoisotopic (exact) mass is 386 g/mol. The molecule has 2 aliphatic carbocycles. The molecule has 0 radical (unpaired) electrons. The summed E-state index contributed by atoms with van der Waals surface area (Å²) in [6.45, 7) is 5.09. The Morgan fingerprint density at radius 3 is 2.18 bits per heavy atom. The molecule has 156 valence electrons. The minimum Gasteiger partial charge on any atom is -0.494 e. The van der Waals surface area contributed by atoms with Gasteiger partial charge >= 0.3 is 5.97 Å². The summed E-state index contributed by atoms with van der Waals surface area (Å²) in [5, 5.41) is 0. The Labute approximate surface area is 171 Å². The SMILES string of the molecule is CCCCOc1ccc(C2CCC(C3CCC(C)(C(=O)OC)CC3)CC2)cc1. The lowest BCUT2D eigenvalue weighted by Crippen LogP contribution is -2.36. The van der Waals surface area contributed by atoms with Crippen molar-refractivity contribution in [3.8, 4) is 5.75 Å². The van der Waals surface area contributed by atoms with Crippen LogP contribution in [0, 0.1) is 17.3 Å². The standard InChI is InChI=1S/C25H38O3/c1-4-5-18-28-23-12-10-21(11-13-23)19-6-8-20(9-7-19)22-14-16-25(2,17-15-22)24(26)27-3/h10-13,19-20,22H,4-9,14-18H2,1-3H3. The number of carbonyl (C=O) groups is 1. The van der Waals surface area contributed by atoms with Crippen LogP contribution < -0.4 is 4.74 Å². The van der Waals surface area contributed by atoms with Gasteiger partial charge in [0.15, 0.2) is 0 Å². The lowest BCUT2D eigenvalue weighted by atomic mass is 9.64. The number of methoxy groups -OCH3 is 1. The first-order valence-corrected chi connectivity index (χ1v) is 11.4. The van der Waals surface area contributed by atoms with Crippen LogP contribution >= 0.6 is 0 Å². The molecule has 0 bridgehead atoms. The molecule has 1 aromatic rings. The van der Waals surface area contributed by atoms with Gasteiger partial charge in [0.2, 0.25) is 0 Å². The summed E-state index contributed by atoms with van der Waals surface area (Å²) >= 11 is 0. The molecule has 0 saturated heterocycles. The minimum atomic E-state index is -0.247. The fourth-order valence-corrected chi connectivity index (χ4v) is 5.29. The molecule has 2 aliphatic rings. The Morgan fingerprint density at radius 2 is 1.61 bits per heavy atom. The van der Waals surface area contributed by atoms with E-state index < -0.39 is 0 Å². The van der Waals surface area contributed by atoms with Crippen LogP contribution in [0.4, 0.5) is 0 Å². The van der Waals surface area contributed by atoms with Crippen molar-refractivity contribution in [1.29, 1.82) is 0 Å². The van der Waals surface area contributed by atoms with Crippen LogP contribution in [0.5, 0.6) is 5.75 Å². The second-order valence-corrected chi connectivity index (χ2v) is 9.27. The molecule has 0 heterocycles. The van der Waals surface area contributed by atoms with Crippen LogP contribution in [-0.2, 0) is 9.53 Å². The number of carbonyl (C=O) groups excluding carboxylic acids is 1. The highest BCUT2D eigenvalue weighted by atomic mass is 16.5. The zero-order valence-electron chi connectivity index (χ0n) is 18.0. The maximum absolute atomic E-state index is 12.0. The minimum absolute atomic E-state index is 0.0169. The molecule has 28 heavy (non-hydrogen) atoms. The molecule has 0 aliphatic heterocycles. The van der Waals surface area contributed by atoms with E-state index in [2.05, 4.69) is 38.1 Å². The van der Waals surface area contributed by atoms with E-state index in [0.29, 0.717) is 5.92 Å². The Balaban J connectivity index is 1.45. The van der Waals surface area contributed by atoms with E-state index in [1.165, 1.54) is 57.6 Å². The number of ether oxygens (including phenoxy) is 2. The third kappa shape index (κ3) is 5.10. The molecule has 0 atom stereocenters. The smallest absolute Gasteiger partial charge is 0.311 e. The predicted octanol–water partition coefficient (Wildman–Crippen LogP) is 6.51. The zero-order chi connectivity index (χ0) is 20.0. The molecule has 3 heteroatoms. The van der Waals surface area contributed by atoms with E-state index >= 15 is 0 Å². The maximum Gasteiger partial charge on any atom is 0.311 e. The van der Waals surface area contributed by atoms with E-state index in [9.17, 15) is 4.79 Å². The highest BCUT2D eigenvalue weighted by molar-refractivity contribution is 5.76. The van der Waals surface area contributed by atoms with Crippen LogP contribution in [0.2, 0.25) is 0 Å². The average Bonchev–Trinajstić information content (AvgIpc) is 2.74. The Bertz CT molecular complexity index is 605. The first-order chi connectivity index (χ1) is 13.6. The fourth-order valence-electron chi connectivity index (χ4n) is 5.29. The van der Waals surface area contributed by atoms with E-state index in [1.54, 1.807) is 0 Å². The van der Waals surface area contributed by atoms with Crippen molar-refractivity contribution in [1.82, 2.24) is 0 Å². The number of hydrogen-bond acceptors (Lipinski definition) is 3. The van der Waals surface area contributed by atoms with Gasteiger partial charge in [0.1, 0.15) is 5.75 Å². The van der Waals surface area contributed by atoms with E-state index in [0.717, 1.165) is 43.5 Å².